The highest BCUT2D eigenvalue weighted by atomic mass is 16.6. The lowest BCUT2D eigenvalue weighted by Gasteiger charge is -2.19. The molecule has 0 radical (unpaired) electrons. The maximum atomic E-state index is 12.1. The average Bonchev–Trinajstić information content (AvgIpc) is 3.10. The summed E-state index contributed by atoms with van der Waals surface area (Å²) in [5.41, 5.74) is 1.09. The Labute approximate surface area is 123 Å². The molecule has 2 saturated heterocycles. The van der Waals surface area contributed by atoms with E-state index in [1.807, 2.05) is 0 Å². The van der Waals surface area contributed by atoms with Gasteiger partial charge in [0.2, 0.25) is 5.91 Å². The van der Waals surface area contributed by atoms with Crippen molar-refractivity contribution in [2.24, 2.45) is 5.92 Å². The van der Waals surface area contributed by atoms with Crippen molar-refractivity contribution in [3.8, 4) is 0 Å². The number of benzene rings is 1. The van der Waals surface area contributed by atoms with Crippen molar-refractivity contribution in [1.29, 1.82) is 0 Å². The molecule has 6 heteroatoms. The second kappa shape index (κ2) is 5.81. The highest BCUT2D eigenvalue weighted by Gasteiger charge is 2.42. The van der Waals surface area contributed by atoms with Gasteiger partial charge in [0.05, 0.1) is 10.8 Å². The van der Waals surface area contributed by atoms with Gasteiger partial charge >= 0.3 is 0 Å². The van der Waals surface area contributed by atoms with E-state index in [1.54, 1.807) is 12.1 Å². The van der Waals surface area contributed by atoms with Gasteiger partial charge in [-0.1, -0.05) is 12.1 Å². The minimum absolute atomic E-state index is 0.0934. The first-order valence-electron chi connectivity index (χ1n) is 7.40. The maximum Gasteiger partial charge on any atom is 0.269 e. The largest absolute Gasteiger partial charge is 0.355 e. The Hall–Kier alpha value is -1.95. The smallest absolute Gasteiger partial charge is 0.269 e. The fourth-order valence-electron chi connectivity index (χ4n) is 3.36. The molecular formula is C15H19N3O3. The molecular weight excluding hydrogens is 270 g/mol. The van der Waals surface area contributed by atoms with E-state index in [4.69, 9.17) is 0 Å². The zero-order valence-electron chi connectivity index (χ0n) is 11.7. The van der Waals surface area contributed by atoms with Gasteiger partial charge in [-0.15, -0.1) is 0 Å². The molecule has 2 heterocycles. The summed E-state index contributed by atoms with van der Waals surface area (Å²) in [6.45, 7) is 0.574. The summed E-state index contributed by atoms with van der Waals surface area (Å²) in [6.07, 6.45) is 3.94. The maximum absolute atomic E-state index is 12.1. The average molecular weight is 289 g/mol. The van der Waals surface area contributed by atoms with Crippen molar-refractivity contribution in [3.63, 3.8) is 0 Å². The number of non-ortho nitro benzene ring substituents is 1. The molecule has 2 aliphatic rings. The van der Waals surface area contributed by atoms with Gasteiger partial charge in [-0.25, -0.2) is 0 Å². The summed E-state index contributed by atoms with van der Waals surface area (Å²) in [7, 11) is 0. The van der Waals surface area contributed by atoms with Crippen molar-refractivity contribution in [2.45, 2.75) is 37.8 Å². The second-order valence-electron chi connectivity index (χ2n) is 5.85. The van der Waals surface area contributed by atoms with Crippen molar-refractivity contribution < 1.29 is 9.72 Å². The Kier molecular flexibility index (Phi) is 3.88. The number of carbonyl (C=O) groups is 1. The van der Waals surface area contributed by atoms with Crippen molar-refractivity contribution >= 4 is 11.6 Å². The second-order valence-corrected chi connectivity index (χ2v) is 5.85. The number of rotatable bonds is 5. The number of hydrogen-bond acceptors (Lipinski definition) is 4. The van der Waals surface area contributed by atoms with E-state index in [2.05, 4.69) is 10.6 Å². The number of fused-ring (bicyclic) bond motifs is 2. The predicted octanol–water partition coefficient (Wildman–Crippen LogP) is 1.39. The number of nitro groups is 1. The van der Waals surface area contributed by atoms with Crippen LogP contribution in [0.4, 0.5) is 5.69 Å². The van der Waals surface area contributed by atoms with Crippen molar-refractivity contribution in [3.05, 3.63) is 39.9 Å². The first kappa shape index (κ1) is 14.0. The summed E-state index contributed by atoms with van der Waals surface area (Å²) in [4.78, 5) is 22.3. The molecule has 2 fully saturated rings. The number of nitro benzene ring substituents is 1. The van der Waals surface area contributed by atoms with Crippen LogP contribution in [0.25, 0.3) is 0 Å². The summed E-state index contributed by atoms with van der Waals surface area (Å²) in [6, 6.07) is 7.36. The highest BCUT2D eigenvalue weighted by molar-refractivity contribution is 5.80. The summed E-state index contributed by atoms with van der Waals surface area (Å²) >= 11 is 0. The Balaban J connectivity index is 1.45. The van der Waals surface area contributed by atoms with Crippen molar-refractivity contribution in [2.75, 3.05) is 6.54 Å². The first-order valence-corrected chi connectivity index (χ1v) is 7.40. The van der Waals surface area contributed by atoms with E-state index >= 15 is 0 Å². The quantitative estimate of drug-likeness (QED) is 0.634. The van der Waals surface area contributed by atoms with Gasteiger partial charge in [-0.05, 0) is 31.2 Å². The monoisotopic (exact) mass is 289 g/mol. The van der Waals surface area contributed by atoms with Crippen molar-refractivity contribution in [1.82, 2.24) is 10.6 Å². The number of nitrogens with one attached hydrogen (secondary N) is 2. The molecule has 1 aromatic rings. The third-order valence-corrected chi connectivity index (χ3v) is 4.50. The molecule has 3 unspecified atom stereocenters. The van der Waals surface area contributed by atoms with Crippen LogP contribution in [0.15, 0.2) is 24.3 Å². The van der Waals surface area contributed by atoms with E-state index in [0.29, 0.717) is 25.0 Å². The molecule has 3 rings (SSSR count). The normalized spacial score (nSPS) is 26.8. The molecule has 2 bridgehead atoms. The van der Waals surface area contributed by atoms with Gasteiger partial charge in [-0.2, -0.15) is 0 Å². The Morgan fingerprint density at radius 3 is 2.67 bits per heavy atom. The molecule has 2 aliphatic heterocycles. The fraction of sp³-hybridized carbons (Fsp3) is 0.533. The van der Waals surface area contributed by atoms with Gasteiger partial charge in [0.1, 0.15) is 0 Å². The summed E-state index contributed by atoms with van der Waals surface area (Å²) < 4.78 is 0. The van der Waals surface area contributed by atoms with Crippen LogP contribution in [-0.4, -0.2) is 29.5 Å². The molecule has 3 atom stereocenters. The number of amides is 1. The van der Waals surface area contributed by atoms with Crippen LogP contribution in [0.2, 0.25) is 0 Å². The van der Waals surface area contributed by atoms with Crippen LogP contribution in [-0.2, 0) is 11.2 Å². The lowest BCUT2D eigenvalue weighted by molar-refractivity contribution is -0.384. The number of hydrogen-bond donors (Lipinski definition) is 2. The van der Waals surface area contributed by atoms with Gasteiger partial charge in [0.25, 0.3) is 5.69 Å². The molecule has 0 spiro atoms. The topological polar surface area (TPSA) is 84.3 Å². The molecule has 1 amide bonds. The molecule has 112 valence electrons. The van der Waals surface area contributed by atoms with Gasteiger partial charge in [0, 0.05) is 30.8 Å². The molecule has 0 aliphatic carbocycles. The van der Waals surface area contributed by atoms with Crippen LogP contribution >= 0.6 is 0 Å². The fourth-order valence-corrected chi connectivity index (χ4v) is 3.36. The standard InChI is InChI=1S/C15H19N3O3/c19-15(13-9-11-3-6-14(13)17-11)16-8-7-10-1-4-12(5-2-10)18(20)21/h1-2,4-5,11,13-14,17H,3,6-9H2,(H,16,19). The van der Waals surface area contributed by atoms with Crippen LogP contribution in [0.5, 0.6) is 0 Å². The molecule has 1 aromatic carbocycles. The SMILES string of the molecule is O=C(NCCc1ccc([N+](=O)[O-])cc1)C1CC2CCC1N2. The number of carbonyl (C=O) groups excluding carboxylic acids is 1. The van der Waals surface area contributed by atoms with E-state index in [-0.39, 0.29) is 17.5 Å². The lowest BCUT2D eigenvalue weighted by atomic mass is 9.88. The van der Waals surface area contributed by atoms with E-state index in [1.165, 1.54) is 18.6 Å². The van der Waals surface area contributed by atoms with E-state index < -0.39 is 4.92 Å². The molecule has 6 nitrogen and oxygen atoms in total. The number of nitrogens with zero attached hydrogens (tertiary/aromatic N) is 1. The van der Waals surface area contributed by atoms with Gasteiger partial charge < -0.3 is 10.6 Å². The van der Waals surface area contributed by atoms with Crippen LogP contribution in [0, 0.1) is 16.0 Å². The molecule has 0 saturated carbocycles. The molecule has 2 N–H and O–H groups in total. The van der Waals surface area contributed by atoms with Gasteiger partial charge in [0.15, 0.2) is 0 Å². The van der Waals surface area contributed by atoms with Crippen LogP contribution in [0.3, 0.4) is 0 Å². The van der Waals surface area contributed by atoms with E-state index in [0.717, 1.165) is 18.4 Å². The Bertz CT molecular complexity index is 544. The molecule has 0 aromatic heterocycles. The third kappa shape index (κ3) is 3.05. The van der Waals surface area contributed by atoms with Gasteiger partial charge in [-0.3, -0.25) is 14.9 Å². The predicted molar refractivity (Wildman–Crippen MR) is 77.9 cm³/mol. The zero-order valence-corrected chi connectivity index (χ0v) is 11.7. The lowest BCUT2D eigenvalue weighted by Crippen LogP contribution is -2.38. The van der Waals surface area contributed by atoms with Crippen LogP contribution in [0.1, 0.15) is 24.8 Å². The molecule has 21 heavy (non-hydrogen) atoms. The summed E-state index contributed by atoms with van der Waals surface area (Å²) in [5, 5.41) is 17.0. The highest BCUT2D eigenvalue weighted by Crippen LogP contribution is 2.33. The summed E-state index contributed by atoms with van der Waals surface area (Å²) in [5.74, 6) is 0.247. The Morgan fingerprint density at radius 1 is 1.33 bits per heavy atom. The Morgan fingerprint density at radius 2 is 2.10 bits per heavy atom. The van der Waals surface area contributed by atoms with E-state index in [9.17, 15) is 14.9 Å². The minimum atomic E-state index is -0.409. The third-order valence-electron chi connectivity index (χ3n) is 4.50. The minimum Gasteiger partial charge on any atom is -0.355 e. The van der Waals surface area contributed by atoms with Crippen LogP contribution < -0.4 is 10.6 Å². The zero-order chi connectivity index (χ0) is 14.8. The first-order chi connectivity index (χ1) is 10.1.